The highest BCUT2D eigenvalue weighted by molar-refractivity contribution is 6.30. The van der Waals surface area contributed by atoms with Crippen LogP contribution in [0.3, 0.4) is 0 Å². The molecule has 27 heavy (non-hydrogen) atoms. The average molecular weight is 420 g/mol. The molecule has 3 rings (SSSR count). The number of aromatic nitrogens is 1. The minimum absolute atomic E-state index is 0. The number of alkyl halides is 2. The number of nitrogens with zero attached hydrogens (tertiary/aromatic N) is 2. The molecule has 1 aromatic heterocycles. The van der Waals surface area contributed by atoms with Gasteiger partial charge in [0.15, 0.2) is 11.1 Å². The number of amidine groups is 1. The van der Waals surface area contributed by atoms with E-state index in [2.05, 4.69) is 9.98 Å². The van der Waals surface area contributed by atoms with Crippen LogP contribution in [0.5, 0.6) is 0 Å². The van der Waals surface area contributed by atoms with E-state index in [0.29, 0.717) is 16.1 Å². The summed E-state index contributed by atoms with van der Waals surface area (Å²) in [7, 11) is 0. The van der Waals surface area contributed by atoms with Gasteiger partial charge in [-0.15, -0.1) is 12.4 Å². The Labute approximate surface area is 166 Å². The summed E-state index contributed by atoms with van der Waals surface area (Å²) in [5.74, 6) is -4.35. The van der Waals surface area contributed by atoms with Gasteiger partial charge in [-0.3, -0.25) is 4.98 Å². The molecule has 4 nitrogen and oxygen atoms in total. The Hall–Kier alpha value is -1.99. The lowest BCUT2D eigenvalue weighted by Gasteiger charge is -2.46. The number of halogens is 5. The van der Waals surface area contributed by atoms with Crippen molar-refractivity contribution in [2.24, 2.45) is 10.7 Å². The second-order valence-corrected chi connectivity index (χ2v) is 7.23. The maximum absolute atomic E-state index is 15.2. The Kier molecular flexibility index (Phi) is 5.42. The Bertz CT molecular complexity index is 905. The number of aliphatic imine (C=N–C) groups is 1. The molecule has 0 radical (unpaired) electrons. The molecule has 9 heteroatoms. The van der Waals surface area contributed by atoms with Crippen LogP contribution >= 0.6 is 24.0 Å². The number of hydrogen-bond donors (Lipinski definition) is 1. The highest BCUT2D eigenvalue weighted by atomic mass is 35.5. The summed E-state index contributed by atoms with van der Waals surface area (Å²) in [6, 6.07) is 5.08. The number of ether oxygens (including phenoxy) is 1. The molecule has 2 N–H and O–H groups in total. The first-order valence-corrected chi connectivity index (χ1v) is 8.19. The molecule has 2 heterocycles. The van der Waals surface area contributed by atoms with Gasteiger partial charge >= 0.3 is 5.92 Å². The van der Waals surface area contributed by atoms with E-state index in [9.17, 15) is 4.39 Å². The lowest BCUT2D eigenvalue weighted by Crippen LogP contribution is -2.62. The monoisotopic (exact) mass is 419 g/mol. The summed E-state index contributed by atoms with van der Waals surface area (Å²) in [5.41, 5.74) is 2.15. The third-order valence-corrected chi connectivity index (χ3v) is 4.80. The van der Waals surface area contributed by atoms with E-state index >= 15 is 8.78 Å². The van der Waals surface area contributed by atoms with E-state index in [1.165, 1.54) is 38.4 Å². The van der Waals surface area contributed by atoms with Crippen molar-refractivity contribution >= 4 is 30.0 Å². The molecular formula is C18H18Cl2F3N3O. The van der Waals surface area contributed by atoms with E-state index in [1.54, 1.807) is 6.07 Å². The second kappa shape index (κ2) is 6.87. The third kappa shape index (κ3) is 3.34. The Morgan fingerprint density at radius 1 is 1.07 bits per heavy atom. The molecule has 1 aromatic carbocycles. The van der Waals surface area contributed by atoms with Crippen LogP contribution < -0.4 is 5.73 Å². The van der Waals surface area contributed by atoms with Crippen LogP contribution in [0.1, 0.15) is 26.3 Å². The van der Waals surface area contributed by atoms with Crippen molar-refractivity contribution in [2.75, 3.05) is 0 Å². The predicted octanol–water partition coefficient (Wildman–Crippen LogP) is 4.94. The summed E-state index contributed by atoms with van der Waals surface area (Å²) >= 11 is 5.93. The number of rotatable bonds is 2. The molecule has 1 aliphatic heterocycles. The Morgan fingerprint density at radius 3 is 2.37 bits per heavy atom. The van der Waals surface area contributed by atoms with Crippen molar-refractivity contribution in [1.29, 1.82) is 0 Å². The molecule has 146 valence electrons. The molecule has 0 aliphatic carbocycles. The molecule has 0 saturated heterocycles. The van der Waals surface area contributed by atoms with Gasteiger partial charge in [-0.25, -0.2) is 9.38 Å². The van der Waals surface area contributed by atoms with Crippen molar-refractivity contribution < 1.29 is 17.9 Å². The first kappa shape index (κ1) is 21.3. The molecule has 0 amide bonds. The van der Waals surface area contributed by atoms with Crippen LogP contribution in [0.4, 0.5) is 13.2 Å². The topological polar surface area (TPSA) is 60.5 Å². The van der Waals surface area contributed by atoms with Gasteiger partial charge in [-0.05, 0) is 44.5 Å². The second-order valence-electron chi connectivity index (χ2n) is 6.80. The zero-order valence-corrected chi connectivity index (χ0v) is 16.3. The van der Waals surface area contributed by atoms with Gasteiger partial charge in [0, 0.05) is 23.5 Å². The lowest BCUT2D eigenvalue weighted by molar-refractivity contribution is -0.207. The Morgan fingerprint density at radius 2 is 1.74 bits per heavy atom. The third-order valence-electron chi connectivity index (χ3n) is 4.59. The van der Waals surface area contributed by atoms with Gasteiger partial charge in [0.05, 0.1) is 5.02 Å². The molecule has 2 aromatic rings. The smallest absolute Gasteiger partial charge is 0.315 e. The summed E-state index contributed by atoms with van der Waals surface area (Å²) in [6.07, 6.45) is 2.95. The SMILES string of the molecule is CC1(C)OC(N)=NC(C)(c2cc(-c3cncc(Cl)c3)ccc2F)C1(F)F.Cl. The molecule has 0 saturated carbocycles. The van der Waals surface area contributed by atoms with Gasteiger partial charge in [-0.2, -0.15) is 8.78 Å². The Balaban J connectivity index is 0.00000261. The number of pyridine rings is 1. The highest BCUT2D eigenvalue weighted by Crippen LogP contribution is 2.52. The summed E-state index contributed by atoms with van der Waals surface area (Å²) in [6.45, 7) is 3.52. The standard InChI is InChI=1S/C18H17ClF3N3O.ClH/c1-16(2)18(21,22)17(3,25-15(23)26-16)13-7-10(4-5-14(13)20)11-6-12(19)9-24-8-11;/h4-9H,1-3H3,(H2,23,25);1H. The van der Waals surface area contributed by atoms with Crippen LogP contribution in [0, 0.1) is 5.82 Å². The summed E-state index contributed by atoms with van der Waals surface area (Å²) in [4.78, 5) is 7.75. The van der Waals surface area contributed by atoms with Crippen LogP contribution in [-0.4, -0.2) is 22.5 Å². The highest BCUT2D eigenvalue weighted by Gasteiger charge is 2.66. The number of hydrogen-bond acceptors (Lipinski definition) is 4. The van der Waals surface area contributed by atoms with Gasteiger partial charge in [0.1, 0.15) is 5.82 Å². The molecule has 0 fully saturated rings. The van der Waals surface area contributed by atoms with Crippen LogP contribution in [0.15, 0.2) is 41.7 Å². The van der Waals surface area contributed by atoms with Crippen molar-refractivity contribution in [2.45, 2.75) is 37.8 Å². The van der Waals surface area contributed by atoms with Gasteiger partial charge in [0.25, 0.3) is 6.02 Å². The minimum Gasteiger partial charge on any atom is -0.453 e. The van der Waals surface area contributed by atoms with E-state index in [-0.39, 0.29) is 18.0 Å². The van der Waals surface area contributed by atoms with Crippen LogP contribution in [0.2, 0.25) is 5.02 Å². The first-order valence-electron chi connectivity index (χ1n) is 7.81. The first-order chi connectivity index (χ1) is 12.0. The molecule has 1 unspecified atom stereocenters. The largest absolute Gasteiger partial charge is 0.453 e. The predicted molar refractivity (Wildman–Crippen MR) is 101 cm³/mol. The fraction of sp³-hybridized carbons (Fsp3) is 0.333. The zero-order chi connectivity index (χ0) is 19.3. The van der Waals surface area contributed by atoms with Gasteiger partial charge < -0.3 is 10.5 Å². The minimum atomic E-state index is -3.53. The molecule has 1 atom stereocenters. The summed E-state index contributed by atoms with van der Waals surface area (Å²) < 4.78 is 50.0. The van der Waals surface area contributed by atoms with Gasteiger partial charge in [-0.1, -0.05) is 17.7 Å². The molecule has 0 bridgehead atoms. The van der Waals surface area contributed by atoms with Crippen molar-refractivity contribution in [3.05, 3.63) is 53.1 Å². The van der Waals surface area contributed by atoms with Crippen molar-refractivity contribution in [3.63, 3.8) is 0 Å². The molecular weight excluding hydrogens is 402 g/mol. The van der Waals surface area contributed by atoms with E-state index < -0.39 is 28.9 Å². The normalized spacial score (nSPS) is 23.0. The van der Waals surface area contributed by atoms with Crippen LogP contribution in [-0.2, 0) is 10.3 Å². The number of benzene rings is 1. The maximum atomic E-state index is 15.2. The number of nitrogens with two attached hydrogens (primary N) is 1. The van der Waals surface area contributed by atoms with E-state index in [4.69, 9.17) is 22.1 Å². The summed E-state index contributed by atoms with van der Waals surface area (Å²) in [5, 5.41) is 0.374. The van der Waals surface area contributed by atoms with E-state index in [1.807, 2.05) is 0 Å². The average Bonchev–Trinajstić information content (AvgIpc) is 2.53. The van der Waals surface area contributed by atoms with Gasteiger partial charge in [0.2, 0.25) is 0 Å². The van der Waals surface area contributed by atoms with Crippen molar-refractivity contribution in [1.82, 2.24) is 4.98 Å². The quantitative estimate of drug-likeness (QED) is 0.749. The molecule has 1 aliphatic rings. The van der Waals surface area contributed by atoms with E-state index in [0.717, 1.165) is 13.0 Å². The van der Waals surface area contributed by atoms with Crippen LogP contribution in [0.25, 0.3) is 11.1 Å². The maximum Gasteiger partial charge on any atom is 0.315 e. The zero-order valence-electron chi connectivity index (χ0n) is 14.8. The fourth-order valence-corrected chi connectivity index (χ4v) is 3.28. The lowest BCUT2D eigenvalue weighted by atomic mass is 9.76. The molecule has 0 spiro atoms. The van der Waals surface area contributed by atoms with Crippen molar-refractivity contribution in [3.8, 4) is 11.1 Å². The fourth-order valence-electron chi connectivity index (χ4n) is 3.10.